The number of aliphatic carboxylic acids is 3. The van der Waals surface area contributed by atoms with E-state index in [2.05, 4.69) is 0 Å². The van der Waals surface area contributed by atoms with Crippen LogP contribution < -0.4 is 0 Å². The maximum absolute atomic E-state index is 12.2. The van der Waals surface area contributed by atoms with Crippen LogP contribution in [-0.4, -0.2) is 87.7 Å². The minimum Gasteiger partial charge on any atom is -0.481 e. The Bertz CT molecular complexity index is 652. The molecule has 3 N–H and O–H groups in total. The van der Waals surface area contributed by atoms with Crippen LogP contribution >= 0.6 is 23.5 Å². The Balaban J connectivity index is 5.25. The first kappa shape index (κ1) is 28.7. The number of carboxylic acids is 3. The monoisotopic (exact) mass is 482 g/mol. The van der Waals surface area contributed by atoms with Crippen molar-refractivity contribution in [1.29, 1.82) is 0 Å². The van der Waals surface area contributed by atoms with Crippen molar-refractivity contribution in [2.24, 2.45) is 11.8 Å². The topological polar surface area (TPSA) is 182 Å². The van der Waals surface area contributed by atoms with Crippen LogP contribution in [0.15, 0.2) is 0 Å². The molecule has 0 aliphatic heterocycles. The first-order valence-corrected chi connectivity index (χ1v) is 11.8. The number of thioether (sulfide) groups is 2. The van der Waals surface area contributed by atoms with Crippen LogP contribution in [0.5, 0.6) is 0 Å². The smallest absolute Gasteiger partial charge is 0.307 e. The molecular weight excluding hydrogens is 456 g/mol. The van der Waals surface area contributed by atoms with Crippen LogP contribution in [0.25, 0.3) is 0 Å². The summed E-state index contributed by atoms with van der Waals surface area (Å²) in [6.07, 6.45) is -0.452. The van der Waals surface area contributed by atoms with E-state index in [0.717, 1.165) is 0 Å². The van der Waals surface area contributed by atoms with Gasteiger partial charge in [-0.3, -0.25) is 24.0 Å². The molecule has 0 spiro atoms. The Labute approximate surface area is 187 Å². The minimum atomic E-state index is -1.47. The highest BCUT2D eigenvalue weighted by Gasteiger charge is 2.32. The van der Waals surface area contributed by atoms with Crippen molar-refractivity contribution in [1.82, 2.24) is 0 Å². The summed E-state index contributed by atoms with van der Waals surface area (Å²) in [5.74, 6) is -8.32. The van der Waals surface area contributed by atoms with Gasteiger partial charge in [-0.1, -0.05) is 0 Å². The SMILES string of the molecule is CSCC(OC(=O)CC(CC=O)C(=O)O)C(CSC)OC(=O)CC(CC(=O)O)C(=O)O. The van der Waals surface area contributed by atoms with Gasteiger partial charge < -0.3 is 29.6 Å². The molecule has 0 aliphatic carbocycles. The van der Waals surface area contributed by atoms with Crippen LogP contribution in [-0.2, 0) is 38.2 Å². The molecule has 11 nitrogen and oxygen atoms in total. The molecule has 0 aliphatic rings. The van der Waals surface area contributed by atoms with Crippen molar-refractivity contribution in [2.75, 3.05) is 24.0 Å². The van der Waals surface area contributed by atoms with Crippen molar-refractivity contribution in [3.05, 3.63) is 0 Å². The molecule has 0 rings (SSSR count). The molecule has 0 aromatic heterocycles. The number of ether oxygens (including phenoxy) is 2. The van der Waals surface area contributed by atoms with E-state index < -0.39 is 73.2 Å². The van der Waals surface area contributed by atoms with Crippen LogP contribution in [0.3, 0.4) is 0 Å². The molecule has 0 saturated heterocycles. The van der Waals surface area contributed by atoms with E-state index in [1.54, 1.807) is 12.5 Å². The summed E-state index contributed by atoms with van der Waals surface area (Å²) < 4.78 is 10.6. The molecule has 0 saturated carbocycles. The number of carboxylic acid groups (broad SMARTS) is 3. The second-order valence-corrected chi connectivity index (χ2v) is 8.27. The van der Waals surface area contributed by atoms with Gasteiger partial charge in [0.2, 0.25) is 0 Å². The lowest BCUT2D eigenvalue weighted by molar-refractivity contribution is -0.168. The molecule has 13 heteroatoms. The van der Waals surface area contributed by atoms with E-state index in [9.17, 15) is 28.8 Å². The molecule has 0 heterocycles. The van der Waals surface area contributed by atoms with Crippen LogP contribution in [0.2, 0.25) is 0 Å². The normalized spacial score (nSPS) is 14.5. The maximum Gasteiger partial charge on any atom is 0.307 e. The van der Waals surface area contributed by atoms with E-state index in [0.29, 0.717) is 6.29 Å². The third-order valence-corrected chi connectivity index (χ3v) is 5.29. The van der Waals surface area contributed by atoms with E-state index in [-0.39, 0.29) is 17.9 Å². The highest BCUT2D eigenvalue weighted by molar-refractivity contribution is 7.98. The second-order valence-electron chi connectivity index (χ2n) is 6.45. The van der Waals surface area contributed by atoms with Gasteiger partial charge in [-0.2, -0.15) is 23.5 Å². The Kier molecular flexibility index (Phi) is 14.4. The number of hydrogen-bond acceptors (Lipinski definition) is 10. The van der Waals surface area contributed by atoms with Crippen molar-refractivity contribution < 1.29 is 53.6 Å². The van der Waals surface area contributed by atoms with Crippen molar-refractivity contribution in [3.63, 3.8) is 0 Å². The molecule has 0 aromatic carbocycles. The zero-order chi connectivity index (χ0) is 24.0. The van der Waals surface area contributed by atoms with E-state index in [4.69, 9.17) is 24.8 Å². The Morgan fingerprint density at radius 2 is 1.19 bits per heavy atom. The van der Waals surface area contributed by atoms with Crippen molar-refractivity contribution >= 4 is 59.7 Å². The molecule has 0 radical (unpaired) electrons. The Hall–Kier alpha value is -2.28. The number of hydrogen-bond donors (Lipinski definition) is 3. The number of carbonyl (C=O) groups excluding carboxylic acids is 3. The fourth-order valence-electron chi connectivity index (χ4n) is 2.44. The Morgan fingerprint density at radius 1 is 0.774 bits per heavy atom. The molecule has 4 atom stereocenters. The number of rotatable bonds is 17. The summed E-state index contributed by atoms with van der Waals surface area (Å²) in [7, 11) is 0. The molecule has 0 amide bonds. The summed E-state index contributed by atoms with van der Waals surface area (Å²) in [4.78, 5) is 68.1. The molecule has 31 heavy (non-hydrogen) atoms. The first-order chi connectivity index (χ1) is 14.5. The number of esters is 2. The van der Waals surface area contributed by atoms with Crippen LogP contribution in [0.1, 0.15) is 25.7 Å². The average molecular weight is 483 g/mol. The third-order valence-electron chi connectivity index (χ3n) is 3.97. The highest BCUT2D eigenvalue weighted by atomic mass is 32.2. The molecule has 0 fully saturated rings. The number of aldehydes is 1. The zero-order valence-corrected chi connectivity index (χ0v) is 18.7. The number of carbonyl (C=O) groups is 6. The van der Waals surface area contributed by atoms with Gasteiger partial charge in [0.1, 0.15) is 18.5 Å². The van der Waals surface area contributed by atoms with Crippen LogP contribution in [0.4, 0.5) is 0 Å². The van der Waals surface area contributed by atoms with E-state index >= 15 is 0 Å². The summed E-state index contributed by atoms with van der Waals surface area (Å²) in [6, 6.07) is 0. The average Bonchev–Trinajstić information content (AvgIpc) is 2.66. The predicted molar refractivity (Wildman–Crippen MR) is 111 cm³/mol. The predicted octanol–water partition coefficient (Wildman–Crippen LogP) is 0.782. The highest BCUT2D eigenvalue weighted by Crippen LogP contribution is 2.19. The Morgan fingerprint density at radius 3 is 1.52 bits per heavy atom. The van der Waals surface area contributed by atoms with Crippen LogP contribution in [0, 0.1) is 11.8 Å². The lowest BCUT2D eigenvalue weighted by Crippen LogP contribution is -2.40. The first-order valence-electron chi connectivity index (χ1n) is 9.03. The van der Waals surface area contributed by atoms with Gasteiger partial charge in [0.05, 0.1) is 31.1 Å². The second kappa shape index (κ2) is 15.5. The van der Waals surface area contributed by atoms with Gasteiger partial charge in [-0.25, -0.2) is 0 Å². The largest absolute Gasteiger partial charge is 0.481 e. The lowest BCUT2D eigenvalue weighted by atomic mass is 10.0. The quantitative estimate of drug-likeness (QED) is 0.195. The summed E-state index contributed by atoms with van der Waals surface area (Å²) in [5, 5.41) is 26.9. The standard InChI is InChI=1S/C18H26O11S2/c1-30-8-12(28-15(22)6-10(3-4-19)17(24)25)13(9-31-2)29-16(23)7-11(18(26)27)5-14(20)21/h4,10-13H,3,5-9H2,1-2H3,(H,20,21)(H,24,25)(H,26,27). The van der Waals surface area contributed by atoms with E-state index in [1.165, 1.54) is 23.5 Å². The lowest BCUT2D eigenvalue weighted by Gasteiger charge is -2.27. The minimum absolute atomic E-state index is 0.192. The zero-order valence-electron chi connectivity index (χ0n) is 17.1. The van der Waals surface area contributed by atoms with Crippen molar-refractivity contribution in [2.45, 2.75) is 37.9 Å². The molecular formula is C18H26O11S2. The summed E-state index contributed by atoms with van der Waals surface area (Å²) in [5.41, 5.74) is 0. The fourth-order valence-corrected chi connectivity index (χ4v) is 3.67. The van der Waals surface area contributed by atoms with Gasteiger partial charge in [0, 0.05) is 17.9 Å². The van der Waals surface area contributed by atoms with E-state index in [1.807, 2.05) is 0 Å². The summed E-state index contributed by atoms with van der Waals surface area (Å²) in [6.45, 7) is 0. The molecule has 176 valence electrons. The van der Waals surface area contributed by atoms with Gasteiger partial charge in [-0.05, 0) is 12.5 Å². The molecule has 4 unspecified atom stereocenters. The third kappa shape index (κ3) is 12.2. The van der Waals surface area contributed by atoms with Crippen molar-refractivity contribution in [3.8, 4) is 0 Å². The van der Waals surface area contributed by atoms with Gasteiger partial charge >= 0.3 is 29.8 Å². The fraction of sp³-hybridized carbons (Fsp3) is 0.667. The van der Waals surface area contributed by atoms with Gasteiger partial charge in [0.15, 0.2) is 0 Å². The van der Waals surface area contributed by atoms with Gasteiger partial charge in [-0.15, -0.1) is 0 Å². The molecule has 0 bridgehead atoms. The van der Waals surface area contributed by atoms with Gasteiger partial charge in [0.25, 0.3) is 0 Å². The molecule has 0 aromatic rings. The maximum atomic E-state index is 12.2. The summed E-state index contributed by atoms with van der Waals surface area (Å²) >= 11 is 2.54.